The first-order valence-electron chi connectivity index (χ1n) is 11.9. The normalized spacial score (nSPS) is 42.9. The van der Waals surface area contributed by atoms with Crippen molar-refractivity contribution < 1.29 is 34.1 Å². The van der Waals surface area contributed by atoms with Crippen LogP contribution >= 0.6 is 0 Å². The number of carbonyl (C=O) groups is 3. The van der Waals surface area contributed by atoms with Gasteiger partial charge < -0.3 is 19.7 Å². The topological polar surface area (TPSA) is 110 Å². The fourth-order valence-corrected chi connectivity index (χ4v) is 7.08. The fraction of sp³-hybridized carbons (Fsp3) is 0.731. The van der Waals surface area contributed by atoms with Crippen LogP contribution in [0.15, 0.2) is 23.3 Å². The second-order valence-corrected chi connectivity index (χ2v) is 11.5. The molecule has 0 radical (unpaired) electrons. The summed E-state index contributed by atoms with van der Waals surface area (Å²) in [5.74, 6) is -3.28. The van der Waals surface area contributed by atoms with Gasteiger partial charge in [0.15, 0.2) is 5.78 Å². The third-order valence-corrected chi connectivity index (χ3v) is 8.89. The Balaban J connectivity index is 1.84. The van der Waals surface area contributed by atoms with Crippen LogP contribution in [0.4, 0.5) is 0 Å². The molecule has 2 saturated carbocycles. The maximum atomic E-state index is 13.1. The van der Waals surface area contributed by atoms with E-state index in [1.54, 1.807) is 26.8 Å². The molecule has 182 valence electrons. The van der Waals surface area contributed by atoms with Crippen LogP contribution in [0.5, 0.6) is 0 Å². The zero-order chi connectivity index (χ0) is 24.7. The minimum absolute atomic E-state index is 0.0188. The van der Waals surface area contributed by atoms with E-state index in [4.69, 9.17) is 9.47 Å². The molecule has 0 aromatic heterocycles. The summed E-state index contributed by atoms with van der Waals surface area (Å²) in [6.45, 7) is 12.5. The lowest BCUT2D eigenvalue weighted by Gasteiger charge is -2.50. The van der Waals surface area contributed by atoms with Crippen LogP contribution in [0.3, 0.4) is 0 Å². The molecule has 7 nitrogen and oxygen atoms in total. The minimum atomic E-state index is -1.80. The lowest BCUT2D eigenvalue weighted by molar-refractivity contribution is -0.188. The number of rotatable bonds is 4. The van der Waals surface area contributed by atoms with Gasteiger partial charge in [-0.3, -0.25) is 14.4 Å². The smallest absolute Gasteiger partial charge is 0.308 e. The van der Waals surface area contributed by atoms with Gasteiger partial charge in [0, 0.05) is 36.5 Å². The summed E-state index contributed by atoms with van der Waals surface area (Å²) < 4.78 is 11.4. The van der Waals surface area contributed by atoms with Crippen molar-refractivity contribution in [2.45, 2.75) is 78.1 Å². The van der Waals surface area contributed by atoms with E-state index in [1.807, 2.05) is 26.8 Å². The summed E-state index contributed by atoms with van der Waals surface area (Å²) in [7, 11) is 0. The van der Waals surface area contributed by atoms with Gasteiger partial charge in [-0.15, -0.1) is 0 Å². The molecule has 0 spiro atoms. The lowest BCUT2D eigenvalue weighted by Crippen LogP contribution is -2.61. The van der Waals surface area contributed by atoms with Gasteiger partial charge in [-0.25, -0.2) is 0 Å². The molecular weight excluding hydrogens is 424 g/mol. The van der Waals surface area contributed by atoms with Gasteiger partial charge in [-0.1, -0.05) is 46.8 Å². The number of esters is 2. The Hall–Kier alpha value is -1.99. The minimum Gasteiger partial charge on any atom is -0.461 e. The number of ketones is 1. The number of ether oxygens (including phenoxy) is 2. The monoisotopic (exact) mass is 460 g/mol. The van der Waals surface area contributed by atoms with E-state index in [2.05, 4.69) is 0 Å². The van der Waals surface area contributed by atoms with Crippen LogP contribution in [-0.4, -0.2) is 51.3 Å². The zero-order valence-electron chi connectivity index (χ0n) is 20.6. The van der Waals surface area contributed by atoms with Crippen molar-refractivity contribution in [1.29, 1.82) is 0 Å². The summed E-state index contributed by atoms with van der Waals surface area (Å²) in [5.41, 5.74) is -3.36. The second kappa shape index (κ2) is 7.25. The Morgan fingerprint density at radius 3 is 2.42 bits per heavy atom. The van der Waals surface area contributed by atoms with Crippen molar-refractivity contribution in [2.75, 3.05) is 6.61 Å². The van der Waals surface area contributed by atoms with Gasteiger partial charge >= 0.3 is 11.9 Å². The summed E-state index contributed by atoms with van der Waals surface area (Å²) >= 11 is 0. The van der Waals surface area contributed by atoms with Crippen molar-refractivity contribution in [3.63, 3.8) is 0 Å². The van der Waals surface area contributed by atoms with Crippen molar-refractivity contribution in [2.24, 2.45) is 35.0 Å². The molecule has 4 rings (SSSR count). The van der Waals surface area contributed by atoms with Crippen molar-refractivity contribution >= 4 is 17.7 Å². The highest BCUT2D eigenvalue weighted by atomic mass is 16.6. The average Bonchev–Trinajstić information content (AvgIpc) is 3.11. The Bertz CT molecular complexity index is 975. The quantitative estimate of drug-likeness (QED) is 0.490. The van der Waals surface area contributed by atoms with E-state index < -0.39 is 45.8 Å². The molecule has 2 fully saturated rings. The summed E-state index contributed by atoms with van der Waals surface area (Å²) in [4.78, 5) is 37.3. The van der Waals surface area contributed by atoms with Gasteiger partial charge in [-0.2, -0.15) is 0 Å². The third-order valence-electron chi connectivity index (χ3n) is 8.89. The van der Waals surface area contributed by atoms with Crippen LogP contribution in [0, 0.1) is 35.0 Å². The van der Waals surface area contributed by atoms with Gasteiger partial charge in [0.05, 0.1) is 11.5 Å². The Morgan fingerprint density at radius 1 is 1.21 bits per heavy atom. The highest BCUT2D eigenvalue weighted by molar-refractivity contribution is 6.04. The largest absolute Gasteiger partial charge is 0.461 e. The number of hydrogen-bond donors (Lipinski definition) is 2. The molecule has 0 bridgehead atoms. The van der Waals surface area contributed by atoms with E-state index in [-0.39, 0.29) is 36.8 Å². The van der Waals surface area contributed by atoms with E-state index in [1.165, 1.54) is 6.92 Å². The fourth-order valence-electron chi connectivity index (χ4n) is 7.08. The number of hydrogen-bond acceptors (Lipinski definition) is 7. The lowest BCUT2D eigenvalue weighted by atomic mass is 9.60. The van der Waals surface area contributed by atoms with Gasteiger partial charge in [0.25, 0.3) is 0 Å². The average molecular weight is 461 g/mol. The number of Topliss-reactive ketones (excluding diaryl/α,β-unsaturated/α-hetero) is 1. The number of fused-ring (bicyclic) bond motifs is 5. The summed E-state index contributed by atoms with van der Waals surface area (Å²) in [6, 6.07) is 0. The molecule has 0 saturated heterocycles. The molecule has 7 atom stereocenters. The zero-order valence-corrected chi connectivity index (χ0v) is 20.6. The molecule has 0 aromatic carbocycles. The summed E-state index contributed by atoms with van der Waals surface area (Å²) in [6.07, 6.45) is 4.01. The first-order chi connectivity index (χ1) is 15.1. The third kappa shape index (κ3) is 3.11. The van der Waals surface area contributed by atoms with E-state index in [0.29, 0.717) is 17.6 Å². The highest BCUT2D eigenvalue weighted by Crippen LogP contribution is 2.76. The molecule has 0 amide bonds. The molecule has 0 unspecified atom stereocenters. The molecule has 0 heterocycles. The SMILES string of the molecule is CC(=O)OCC1=C[C@@H]2[C@H]3C(C)(C)[C@@]3(OC(=O)C(C)C)C[C@H](C)[C@@]2(O)[C@H]2C=C(C)C(=O)[C@]2(O)C1. The maximum Gasteiger partial charge on any atom is 0.308 e. The Morgan fingerprint density at radius 2 is 1.85 bits per heavy atom. The standard InChI is InChI=1S/C26H36O7/c1-13(2)22(29)33-25-10-15(4)26(31)18(20(25)23(25,6)7)9-17(12-32-16(5)27)11-24(30)19(26)8-14(3)21(24)28/h8-9,13,15,18-20,30-31H,10-12H2,1-7H3/t15-,18+,19-,20-,24-,25+,26-/m0/s1. The molecule has 0 aliphatic heterocycles. The Labute approximate surface area is 195 Å². The molecular formula is C26H36O7. The van der Waals surface area contributed by atoms with Crippen molar-refractivity contribution in [3.8, 4) is 0 Å². The van der Waals surface area contributed by atoms with E-state index in [0.717, 1.165) is 0 Å². The molecule has 33 heavy (non-hydrogen) atoms. The van der Waals surface area contributed by atoms with Gasteiger partial charge in [-0.05, 0) is 30.4 Å². The molecule has 4 aliphatic rings. The Kier molecular flexibility index (Phi) is 5.31. The van der Waals surface area contributed by atoms with Crippen LogP contribution < -0.4 is 0 Å². The van der Waals surface area contributed by atoms with Crippen LogP contribution in [0.1, 0.15) is 61.3 Å². The van der Waals surface area contributed by atoms with E-state index in [9.17, 15) is 24.6 Å². The van der Waals surface area contributed by atoms with Crippen LogP contribution in [0.2, 0.25) is 0 Å². The molecule has 0 aromatic rings. The van der Waals surface area contributed by atoms with Crippen molar-refractivity contribution in [1.82, 2.24) is 0 Å². The predicted molar refractivity (Wildman–Crippen MR) is 120 cm³/mol. The molecule has 4 aliphatic carbocycles. The van der Waals surface area contributed by atoms with E-state index >= 15 is 0 Å². The first-order valence-corrected chi connectivity index (χ1v) is 11.9. The first kappa shape index (κ1) is 24.1. The van der Waals surface area contributed by atoms with Gasteiger partial charge in [0.2, 0.25) is 0 Å². The number of aliphatic hydroxyl groups is 2. The number of carbonyl (C=O) groups excluding carboxylic acids is 3. The maximum absolute atomic E-state index is 13.1. The molecule has 7 heteroatoms. The van der Waals surface area contributed by atoms with Crippen LogP contribution in [0.25, 0.3) is 0 Å². The predicted octanol–water partition coefficient (Wildman–Crippen LogP) is 2.74. The van der Waals surface area contributed by atoms with Crippen molar-refractivity contribution in [3.05, 3.63) is 23.3 Å². The van der Waals surface area contributed by atoms with Gasteiger partial charge in [0.1, 0.15) is 17.8 Å². The van der Waals surface area contributed by atoms with Crippen LogP contribution in [-0.2, 0) is 23.9 Å². The molecule has 2 N–H and O–H groups in total. The highest BCUT2D eigenvalue weighted by Gasteiger charge is 2.83. The second-order valence-electron chi connectivity index (χ2n) is 11.5. The summed E-state index contributed by atoms with van der Waals surface area (Å²) in [5, 5.41) is 24.0.